The molecule has 2 rings (SSSR count). The maximum atomic E-state index is 8.12. The normalized spacial score (nSPS) is 18.4. The maximum absolute atomic E-state index is 8.12. The van der Waals surface area contributed by atoms with Gasteiger partial charge >= 0.3 is 6.15 Å². The van der Waals surface area contributed by atoms with Gasteiger partial charge in [0.05, 0.1) is 31.6 Å². The molecule has 1 atom stereocenters. The SMILES string of the molecule is CCc1csc(N2CCOC[C@@H]2COC)n1.O=C=O. The van der Waals surface area contributed by atoms with E-state index in [1.165, 1.54) is 5.69 Å². The monoisotopic (exact) mass is 286 g/mol. The molecule has 0 amide bonds. The smallest absolute Gasteiger partial charge is 0.373 e. The Morgan fingerprint density at radius 3 is 2.95 bits per heavy atom. The lowest BCUT2D eigenvalue weighted by molar-refractivity contribution is -0.191. The van der Waals surface area contributed by atoms with Crippen molar-refractivity contribution in [1.29, 1.82) is 0 Å². The van der Waals surface area contributed by atoms with Crippen LogP contribution in [0.1, 0.15) is 12.6 Å². The number of nitrogens with zero attached hydrogens (tertiary/aromatic N) is 2. The van der Waals surface area contributed by atoms with Gasteiger partial charge in [-0.25, -0.2) is 4.98 Å². The molecule has 1 aromatic heterocycles. The highest BCUT2D eigenvalue weighted by Crippen LogP contribution is 2.24. The quantitative estimate of drug-likeness (QED) is 0.821. The van der Waals surface area contributed by atoms with Gasteiger partial charge in [0.15, 0.2) is 5.13 Å². The van der Waals surface area contributed by atoms with Crippen molar-refractivity contribution in [2.45, 2.75) is 19.4 Å². The van der Waals surface area contributed by atoms with Gasteiger partial charge in [0, 0.05) is 19.0 Å². The lowest BCUT2D eigenvalue weighted by Crippen LogP contribution is -2.48. The molecule has 0 aromatic carbocycles. The number of hydrogen-bond acceptors (Lipinski definition) is 7. The fourth-order valence-electron chi connectivity index (χ4n) is 1.83. The fourth-order valence-corrected chi connectivity index (χ4v) is 2.83. The summed E-state index contributed by atoms with van der Waals surface area (Å²) in [5, 5.41) is 3.23. The third kappa shape index (κ3) is 4.72. The molecule has 1 aliphatic rings. The van der Waals surface area contributed by atoms with Gasteiger partial charge in [-0.05, 0) is 6.42 Å². The molecule has 1 saturated heterocycles. The Balaban J connectivity index is 0.000000550. The van der Waals surface area contributed by atoms with Crippen molar-refractivity contribution in [2.24, 2.45) is 0 Å². The average molecular weight is 286 g/mol. The van der Waals surface area contributed by atoms with Crippen molar-refractivity contribution < 1.29 is 19.1 Å². The molecular formula is C12H18N2O4S. The molecule has 0 spiro atoms. The third-order valence-corrected chi connectivity index (χ3v) is 3.66. The zero-order valence-electron chi connectivity index (χ0n) is 11.1. The molecule has 0 N–H and O–H groups in total. The summed E-state index contributed by atoms with van der Waals surface area (Å²) in [7, 11) is 1.73. The van der Waals surface area contributed by atoms with Gasteiger partial charge in [0.2, 0.25) is 0 Å². The molecule has 1 fully saturated rings. The number of morpholine rings is 1. The van der Waals surface area contributed by atoms with Gasteiger partial charge in [-0.3, -0.25) is 0 Å². The van der Waals surface area contributed by atoms with E-state index in [2.05, 4.69) is 22.2 Å². The molecule has 1 aromatic rings. The van der Waals surface area contributed by atoms with Gasteiger partial charge in [-0.1, -0.05) is 6.92 Å². The zero-order valence-corrected chi connectivity index (χ0v) is 11.9. The van der Waals surface area contributed by atoms with Crippen LogP contribution in [0.15, 0.2) is 5.38 Å². The minimum atomic E-state index is 0.250. The Labute approximate surface area is 116 Å². The van der Waals surface area contributed by atoms with Crippen LogP contribution in [0.4, 0.5) is 5.13 Å². The minimum absolute atomic E-state index is 0.250. The minimum Gasteiger partial charge on any atom is -0.382 e. The molecule has 19 heavy (non-hydrogen) atoms. The topological polar surface area (TPSA) is 68.7 Å². The number of aromatic nitrogens is 1. The van der Waals surface area contributed by atoms with Crippen LogP contribution >= 0.6 is 11.3 Å². The summed E-state index contributed by atoms with van der Waals surface area (Å²) < 4.78 is 10.7. The van der Waals surface area contributed by atoms with E-state index in [1.807, 2.05) is 0 Å². The molecule has 0 unspecified atom stereocenters. The van der Waals surface area contributed by atoms with Gasteiger partial charge in [-0.2, -0.15) is 9.59 Å². The van der Waals surface area contributed by atoms with Gasteiger partial charge in [-0.15, -0.1) is 11.3 Å². The van der Waals surface area contributed by atoms with Crippen molar-refractivity contribution in [1.82, 2.24) is 4.98 Å². The van der Waals surface area contributed by atoms with Crippen molar-refractivity contribution in [3.63, 3.8) is 0 Å². The Kier molecular flexibility index (Phi) is 7.28. The Hall–Kier alpha value is -1.27. The van der Waals surface area contributed by atoms with E-state index in [0.29, 0.717) is 12.6 Å². The Morgan fingerprint density at radius 1 is 1.63 bits per heavy atom. The molecule has 6 nitrogen and oxygen atoms in total. The Bertz CT molecular complexity index is 402. The summed E-state index contributed by atoms with van der Waals surface area (Å²) in [6, 6.07) is 0.301. The van der Waals surface area contributed by atoms with Crippen molar-refractivity contribution in [2.75, 3.05) is 38.4 Å². The predicted molar refractivity (Wildman–Crippen MR) is 70.3 cm³/mol. The largest absolute Gasteiger partial charge is 0.382 e. The predicted octanol–water partition coefficient (Wildman–Crippen LogP) is 0.974. The van der Waals surface area contributed by atoms with Crippen LogP contribution in [0.5, 0.6) is 0 Å². The van der Waals surface area contributed by atoms with Crippen LogP contribution < -0.4 is 4.90 Å². The van der Waals surface area contributed by atoms with Crippen molar-refractivity contribution in [3.8, 4) is 0 Å². The van der Waals surface area contributed by atoms with Gasteiger partial charge in [0.25, 0.3) is 0 Å². The average Bonchev–Trinajstić information content (AvgIpc) is 2.89. The number of carbonyl (C=O) groups excluding carboxylic acids is 2. The lowest BCUT2D eigenvalue weighted by Gasteiger charge is -2.34. The zero-order chi connectivity index (χ0) is 14.1. The van der Waals surface area contributed by atoms with Crippen LogP contribution in [-0.4, -0.2) is 50.7 Å². The first-order chi connectivity index (χ1) is 9.26. The number of aryl methyl sites for hydroxylation is 1. The lowest BCUT2D eigenvalue weighted by atomic mass is 10.2. The molecule has 0 radical (unpaired) electrons. The first-order valence-electron chi connectivity index (χ1n) is 6.03. The van der Waals surface area contributed by atoms with Crippen LogP contribution in [0, 0.1) is 0 Å². The number of ether oxygens (including phenoxy) is 2. The van der Waals surface area contributed by atoms with Crippen molar-refractivity contribution in [3.05, 3.63) is 11.1 Å². The molecule has 0 saturated carbocycles. The standard InChI is InChI=1S/C11H18N2O2S.CO2/c1-3-9-8-16-11(12-9)13-4-5-15-7-10(13)6-14-2;2-1-3/h8,10H,3-7H2,1-2H3;/t10-;/m0./s1. The van der Waals surface area contributed by atoms with Gasteiger partial charge in [0.1, 0.15) is 0 Å². The highest BCUT2D eigenvalue weighted by Gasteiger charge is 2.25. The molecule has 1 aliphatic heterocycles. The second kappa shape index (κ2) is 8.77. The summed E-state index contributed by atoms with van der Waals surface area (Å²) in [6.07, 6.45) is 1.25. The van der Waals surface area contributed by atoms with Gasteiger partial charge < -0.3 is 14.4 Å². The summed E-state index contributed by atoms with van der Waals surface area (Å²) >= 11 is 1.71. The Morgan fingerprint density at radius 2 is 2.37 bits per heavy atom. The molecule has 0 bridgehead atoms. The highest BCUT2D eigenvalue weighted by molar-refractivity contribution is 7.13. The van der Waals surface area contributed by atoms with Crippen LogP contribution in [0.25, 0.3) is 0 Å². The van der Waals surface area contributed by atoms with E-state index in [-0.39, 0.29) is 6.15 Å². The molecule has 0 aliphatic carbocycles. The first kappa shape index (κ1) is 15.8. The van der Waals surface area contributed by atoms with E-state index in [4.69, 9.17) is 19.1 Å². The number of hydrogen-bond donors (Lipinski definition) is 0. The first-order valence-corrected chi connectivity index (χ1v) is 6.91. The van der Waals surface area contributed by atoms with E-state index < -0.39 is 0 Å². The molecule has 2 heterocycles. The number of thiazole rings is 1. The van der Waals surface area contributed by atoms with E-state index >= 15 is 0 Å². The summed E-state index contributed by atoms with van der Waals surface area (Å²) in [4.78, 5) is 23.2. The summed E-state index contributed by atoms with van der Waals surface area (Å²) in [6.45, 7) is 5.24. The van der Waals surface area contributed by atoms with E-state index in [1.54, 1.807) is 18.4 Å². The van der Waals surface area contributed by atoms with Crippen LogP contribution in [0.2, 0.25) is 0 Å². The number of rotatable bonds is 4. The maximum Gasteiger partial charge on any atom is 0.373 e. The van der Waals surface area contributed by atoms with Crippen LogP contribution in [-0.2, 0) is 25.5 Å². The third-order valence-electron chi connectivity index (χ3n) is 2.73. The molecular weight excluding hydrogens is 268 g/mol. The summed E-state index contributed by atoms with van der Waals surface area (Å²) in [5.41, 5.74) is 1.17. The molecule has 106 valence electrons. The molecule has 7 heteroatoms. The van der Waals surface area contributed by atoms with E-state index in [0.717, 1.165) is 31.3 Å². The second-order valence-corrected chi connectivity index (χ2v) is 4.77. The number of anilines is 1. The van der Waals surface area contributed by atoms with Crippen LogP contribution in [0.3, 0.4) is 0 Å². The highest BCUT2D eigenvalue weighted by atomic mass is 32.1. The number of methoxy groups -OCH3 is 1. The summed E-state index contributed by atoms with van der Waals surface area (Å²) in [5.74, 6) is 0. The van der Waals surface area contributed by atoms with Crippen molar-refractivity contribution >= 4 is 22.6 Å². The van der Waals surface area contributed by atoms with E-state index in [9.17, 15) is 0 Å². The fraction of sp³-hybridized carbons (Fsp3) is 0.667. The second-order valence-electron chi connectivity index (χ2n) is 3.94.